The fourth-order valence-corrected chi connectivity index (χ4v) is 3.19. The fourth-order valence-electron chi connectivity index (χ4n) is 3.19. The standard InChI is InChI=1S/C12H21F2NO2/c13-11(14)9(16)8-15-10-2-1-3-12(10)4-6-17-7-5-12/h9-11,15-16H,1-8H2. The normalized spacial score (nSPS) is 30.0. The molecule has 0 aromatic carbocycles. The molecule has 0 bridgehead atoms. The lowest BCUT2D eigenvalue weighted by Gasteiger charge is -2.39. The Kier molecular flexibility index (Phi) is 4.33. The van der Waals surface area contributed by atoms with Crippen LogP contribution in [0.5, 0.6) is 0 Å². The molecule has 0 amide bonds. The summed E-state index contributed by atoms with van der Waals surface area (Å²) in [5.74, 6) is 0. The lowest BCUT2D eigenvalue weighted by Crippen LogP contribution is -2.47. The van der Waals surface area contributed by atoms with Crippen LogP contribution in [0.25, 0.3) is 0 Å². The zero-order valence-corrected chi connectivity index (χ0v) is 10.0. The van der Waals surface area contributed by atoms with Gasteiger partial charge in [0, 0.05) is 25.8 Å². The summed E-state index contributed by atoms with van der Waals surface area (Å²) in [6.07, 6.45) is 1.13. The molecule has 2 atom stereocenters. The molecule has 5 heteroatoms. The molecule has 1 spiro atoms. The number of ether oxygens (including phenoxy) is 1. The summed E-state index contributed by atoms with van der Waals surface area (Å²) in [5.41, 5.74) is 0.222. The first kappa shape index (κ1) is 13.2. The van der Waals surface area contributed by atoms with Crippen molar-refractivity contribution in [2.75, 3.05) is 19.8 Å². The lowest BCUT2D eigenvalue weighted by molar-refractivity contribution is -0.0179. The molecule has 3 nitrogen and oxygen atoms in total. The van der Waals surface area contributed by atoms with Crippen molar-refractivity contribution < 1.29 is 18.6 Å². The van der Waals surface area contributed by atoms with E-state index in [4.69, 9.17) is 9.84 Å². The van der Waals surface area contributed by atoms with Crippen molar-refractivity contribution in [1.29, 1.82) is 0 Å². The Morgan fingerprint density at radius 3 is 2.65 bits per heavy atom. The van der Waals surface area contributed by atoms with E-state index >= 15 is 0 Å². The summed E-state index contributed by atoms with van der Waals surface area (Å²) in [6, 6.07) is 0.264. The van der Waals surface area contributed by atoms with E-state index in [0.29, 0.717) is 0 Å². The lowest BCUT2D eigenvalue weighted by atomic mass is 9.75. The van der Waals surface area contributed by atoms with Crippen LogP contribution in [0.1, 0.15) is 32.1 Å². The maximum atomic E-state index is 12.2. The predicted molar refractivity (Wildman–Crippen MR) is 60.1 cm³/mol. The summed E-state index contributed by atoms with van der Waals surface area (Å²) in [6.45, 7) is 1.54. The van der Waals surface area contributed by atoms with Crippen LogP contribution in [0.15, 0.2) is 0 Å². The largest absolute Gasteiger partial charge is 0.386 e. The molecule has 2 N–H and O–H groups in total. The molecule has 1 aliphatic carbocycles. The maximum absolute atomic E-state index is 12.2. The molecule has 100 valence electrons. The molecule has 0 radical (unpaired) electrons. The first-order valence-corrected chi connectivity index (χ1v) is 6.41. The van der Waals surface area contributed by atoms with Gasteiger partial charge in [0.25, 0.3) is 6.43 Å². The quantitative estimate of drug-likeness (QED) is 0.794. The molecule has 1 aliphatic heterocycles. The van der Waals surface area contributed by atoms with E-state index in [-0.39, 0.29) is 18.0 Å². The van der Waals surface area contributed by atoms with E-state index in [9.17, 15) is 8.78 Å². The van der Waals surface area contributed by atoms with Crippen LogP contribution >= 0.6 is 0 Å². The van der Waals surface area contributed by atoms with Gasteiger partial charge in [-0.25, -0.2) is 8.78 Å². The Bertz CT molecular complexity index is 245. The van der Waals surface area contributed by atoms with Crippen LogP contribution in [-0.2, 0) is 4.74 Å². The van der Waals surface area contributed by atoms with Gasteiger partial charge >= 0.3 is 0 Å². The third-order valence-electron chi connectivity index (χ3n) is 4.26. The molecule has 1 saturated carbocycles. The van der Waals surface area contributed by atoms with Gasteiger partial charge in [0.2, 0.25) is 0 Å². The van der Waals surface area contributed by atoms with Gasteiger partial charge < -0.3 is 15.2 Å². The average molecular weight is 249 g/mol. The highest BCUT2D eigenvalue weighted by atomic mass is 19.3. The predicted octanol–water partition coefficient (Wildman–Crippen LogP) is 1.55. The summed E-state index contributed by atoms with van der Waals surface area (Å²) >= 11 is 0. The molecule has 2 unspecified atom stereocenters. The van der Waals surface area contributed by atoms with Crippen molar-refractivity contribution in [3.63, 3.8) is 0 Å². The molecular formula is C12H21F2NO2. The molecule has 2 aliphatic rings. The Hall–Kier alpha value is -0.260. The summed E-state index contributed by atoms with van der Waals surface area (Å²) in [5, 5.41) is 12.3. The highest BCUT2D eigenvalue weighted by Gasteiger charge is 2.43. The maximum Gasteiger partial charge on any atom is 0.265 e. The van der Waals surface area contributed by atoms with Crippen LogP contribution in [0, 0.1) is 5.41 Å². The van der Waals surface area contributed by atoms with Crippen molar-refractivity contribution in [2.45, 2.75) is 50.7 Å². The van der Waals surface area contributed by atoms with Crippen molar-refractivity contribution >= 4 is 0 Å². The highest BCUT2D eigenvalue weighted by Crippen LogP contribution is 2.45. The third-order valence-corrected chi connectivity index (χ3v) is 4.26. The molecule has 0 aromatic rings. The van der Waals surface area contributed by atoms with E-state index in [0.717, 1.165) is 45.3 Å². The number of aliphatic hydroxyl groups excluding tert-OH is 1. The van der Waals surface area contributed by atoms with Gasteiger partial charge in [-0.2, -0.15) is 0 Å². The number of hydrogen-bond donors (Lipinski definition) is 2. The molecule has 1 saturated heterocycles. The monoisotopic (exact) mass is 249 g/mol. The Morgan fingerprint density at radius 1 is 1.29 bits per heavy atom. The van der Waals surface area contributed by atoms with E-state index in [2.05, 4.69) is 5.32 Å². The second kappa shape index (κ2) is 5.59. The topological polar surface area (TPSA) is 41.5 Å². The van der Waals surface area contributed by atoms with E-state index in [1.54, 1.807) is 0 Å². The van der Waals surface area contributed by atoms with Gasteiger partial charge in [-0.15, -0.1) is 0 Å². The molecule has 2 rings (SSSR count). The summed E-state index contributed by atoms with van der Waals surface area (Å²) in [4.78, 5) is 0. The van der Waals surface area contributed by atoms with Crippen molar-refractivity contribution in [1.82, 2.24) is 5.32 Å². The summed E-state index contributed by atoms with van der Waals surface area (Å²) < 4.78 is 29.8. The van der Waals surface area contributed by atoms with Crippen LogP contribution in [0.3, 0.4) is 0 Å². The summed E-state index contributed by atoms with van der Waals surface area (Å²) in [7, 11) is 0. The Labute approximate surface area is 101 Å². The van der Waals surface area contributed by atoms with Crippen LogP contribution in [0.2, 0.25) is 0 Å². The van der Waals surface area contributed by atoms with Gasteiger partial charge in [0.1, 0.15) is 6.10 Å². The third kappa shape index (κ3) is 2.95. The number of aliphatic hydroxyl groups is 1. The molecule has 0 aromatic heterocycles. The highest BCUT2D eigenvalue weighted by molar-refractivity contribution is 4.97. The van der Waals surface area contributed by atoms with Gasteiger partial charge in [-0.3, -0.25) is 0 Å². The average Bonchev–Trinajstić information content (AvgIpc) is 2.69. The van der Waals surface area contributed by atoms with Crippen molar-refractivity contribution in [2.24, 2.45) is 5.41 Å². The first-order chi connectivity index (χ1) is 8.14. The number of rotatable bonds is 4. The molecule has 17 heavy (non-hydrogen) atoms. The zero-order valence-electron chi connectivity index (χ0n) is 10.0. The van der Waals surface area contributed by atoms with Crippen LogP contribution in [0.4, 0.5) is 8.78 Å². The second-order valence-electron chi connectivity index (χ2n) is 5.23. The molecular weight excluding hydrogens is 228 g/mol. The minimum Gasteiger partial charge on any atom is -0.386 e. The van der Waals surface area contributed by atoms with Crippen molar-refractivity contribution in [3.8, 4) is 0 Å². The number of halogens is 2. The van der Waals surface area contributed by atoms with Crippen molar-refractivity contribution in [3.05, 3.63) is 0 Å². The number of hydrogen-bond acceptors (Lipinski definition) is 3. The van der Waals surface area contributed by atoms with Gasteiger partial charge in [-0.05, 0) is 31.1 Å². The van der Waals surface area contributed by atoms with E-state index in [1.165, 1.54) is 0 Å². The Balaban J connectivity index is 1.86. The second-order valence-corrected chi connectivity index (χ2v) is 5.23. The zero-order chi connectivity index (χ0) is 12.3. The van der Waals surface area contributed by atoms with Gasteiger partial charge in [0.05, 0.1) is 0 Å². The van der Waals surface area contributed by atoms with Gasteiger partial charge in [0.15, 0.2) is 0 Å². The number of nitrogens with one attached hydrogen (secondary N) is 1. The van der Waals surface area contributed by atoms with E-state index < -0.39 is 12.5 Å². The van der Waals surface area contributed by atoms with E-state index in [1.807, 2.05) is 0 Å². The number of alkyl halides is 2. The molecule has 1 heterocycles. The SMILES string of the molecule is OC(CNC1CCCC12CCOCC2)C(F)F. The first-order valence-electron chi connectivity index (χ1n) is 6.41. The van der Waals surface area contributed by atoms with Crippen LogP contribution < -0.4 is 5.32 Å². The van der Waals surface area contributed by atoms with Crippen LogP contribution in [-0.4, -0.2) is 43.4 Å². The smallest absolute Gasteiger partial charge is 0.265 e. The Morgan fingerprint density at radius 2 is 2.00 bits per heavy atom. The fraction of sp³-hybridized carbons (Fsp3) is 1.00. The minimum atomic E-state index is -2.66. The molecule has 2 fully saturated rings. The van der Waals surface area contributed by atoms with Gasteiger partial charge in [-0.1, -0.05) is 6.42 Å². The minimum absolute atomic E-state index is 0.00899.